The first-order valence-electron chi connectivity index (χ1n) is 10.7. The number of nitrogens with zero attached hydrogens (tertiary/aromatic N) is 3. The first-order chi connectivity index (χ1) is 15.5. The molecule has 8 heteroatoms. The van der Waals surface area contributed by atoms with Crippen LogP contribution in [-0.2, 0) is 11.3 Å². The van der Waals surface area contributed by atoms with E-state index in [1.165, 1.54) is 22.0 Å². The molecular formula is C24H24FN3O2S2. The minimum Gasteiger partial charge on any atom is -0.341 e. The van der Waals surface area contributed by atoms with Crippen LogP contribution in [0, 0.1) is 9.77 Å². The molecule has 0 fully saturated rings. The zero-order valence-corrected chi connectivity index (χ0v) is 19.6. The van der Waals surface area contributed by atoms with E-state index in [1.54, 1.807) is 39.6 Å². The normalized spacial score (nSPS) is 11.3. The highest BCUT2D eigenvalue weighted by Gasteiger charge is 2.22. The fourth-order valence-electron chi connectivity index (χ4n) is 4.02. The predicted octanol–water partition coefficient (Wildman–Crippen LogP) is 5.50. The molecule has 0 radical (unpaired) electrons. The molecule has 1 amide bonds. The average molecular weight is 470 g/mol. The molecule has 166 valence electrons. The molecule has 32 heavy (non-hydrogen) atoms. The van der Waals surface area contributed by atoms with Gasteiger partial charge in [-0.1, -0.05) is 44.2 Å². The number of carbonyl (C=O) groups excluding carboxylic acids is 1. The van der Waals surface area contributed by atoms with E-state index in [-0.39, 0.29) is 18.0 Å². The van der Waals surface area contributed by atoms with E-state index in [1.807, 2.05) is 26.0 Å². The maximum Gasteiger partial charge on any atom is 0.262 e. The highest BCUT2D eigenvalue weighted by Crippen LogP contribution is 2.34. The van der Waals surface area contributed by atoms with Crippen molar-refractivity contribution >= 4 is 46.0 Å². The topological polar surface area (TPSA) is 46.7 Å². The molecule has 0 aliphatic heterocycles. The molecule has 4 rings (SSSR count). The smallest absolute Gasteiger partial charge is 0.262 e. The third-order valence-electron chi connectivity index (χ3n) is 5.41. The number of thiazole rings is 1. The van der Waals surface area contributed by atoms with Crippen molar-refractivity contribution in [1.29, 1.82) is 0 Å². The zero-order valence-electron chi connectivity index (χ0n) is 18.0. The Bertz CT molecular complexity index is 1410. The highest BCUT2D eigenvalue weighted by atomic mass is 32.1. The van der Waals surface area contributed by atoms with E-state index in [4.69, 9.17) is 12.2 Å². The van der Waals surface area contributed by atoms with E-state index < -0.39 is 5.82 Å². The maximum atomic E-state index is 14.8. The maximum absolute atomic E-state index is 14.8. The summed E-state index contributed by atoms with van der Waals surface area (Å²) in [7, 11) is 0. The number of benzene rings is 2. The van der Waals surface area contributed by atoms with Crippen LogP contribution in [0.2, 0.25) is 0 Å². The van der Waals surface area contributed by atoms with Gasteiger partial charge in [0.05, 0.1) is 15.8 Å². The monoisotopic (exact) mass is 469 g/mol. The van der Waals surface area contributed by atoms with Crippen LogP contribution in [0.25, 0.3) is 27.0 Å². The zero-order chi connectivity index (χ0) is 22.8. The number of hydrogen-bond donors (Lipinski definition) is 0. The summed E-state index contributed by atoms with van der Waals surface area (Å²) in [6.07, 6.45) is 1.66. The lowest BCUT2D eigenvalue weighted by Gasteiger charge is -2.22. The number of amides is 1. The van der Waals surface area contributed by atoms with Crippen LogP contribution in [-0.4, -0.2) is 32.9 Å². The van der Waals surface area contributed by atoms with E-state index in [0.717, 1.165) is 12.8 Å². The van der Waals surface area contributed by atoms with Crippen molar-refractivity contribution in [2.75, 3.05) is 13.1 Å². The number of hydrogen-bond acceptors (Lipinski definition) is 4. The van der Waals surface area contributed by atoms with E-state index >= 15 is 0 Å². The van der Waals surface area contributed by atoms with Crippen LogP contribution < -0.4 is 5.56 Å². The van der Waals surface area contributed by atoms with Gasteiger partial charge in [0.2, 0.25) is 5.91 Å². The van der Waals surface area contributed by atoms with Crippen molar-refractivity contribution in [3.63, 3.8) is 0 Å². The third kappa shape index (κ3) is 3.89. The third-order valence-corrected chi connectivity index (χ3v) is 6.81. The Balaban J connectivity index is 2.03. The predicted molar refractivity (Wildman–Crippen MR) is 130 cm³/mol. The first kappa shape index (κ1) is 22.4. The lowest BCUT2D eigenvalue weighted by molar-refractivity contribution is -0.131. The average Bonchev–Trinajstić information content (AvgIpc) is 3.13. The molecule has 0 saturated heterocycles. The molecule has 0 unspecified atom stereocenters. The summed E-state index contributed by atoms with van der Waals surface area (Å²) in [6.45, 7) is 5.17. The van der Waals surface area contributed by atoms with Crippen LogP contribution in [0.5, 0.6) is 0 Å². The number of fused-ring (bicyclic) bond motifs is 3. The number of carbonyl (C=O) groups is 1. The van der Waals surface area contributed by atoms with Crippen molar-refractivity contribution in [2.45, 2.75) is 33.2 Å². The second-order valence-corrected chi connectivity index (χ2v) is 9.27. The van der Waals surface area contributed by atoms with Crippen molar-refractivity contribution < 1.29 is 9.18 Å². The molecule has 0 aliphatic carbocycles. The van der Waals surface area contributed by atoms with Crippen LogP contribution in [0.15, 0.2) is 53.3 Å². The van der Waals surface area contributed by atoms with Gasteiger partial charge in [0.1, 0.15) is 18.0 Å². The highest BCUT2D eigenvalue weighted by molar-refractivity contribution is 7.73. The molecule has 0 aliphatic rings. The number of rotatable bonds is 7. The van der Waals surface area contributed by atoms with Gasteiger partial charge in [-0.25, -0.2) is 4.39 Å². The van der Waals surface area contributed by atoms with Gasteiger partial charge in [0, 0.05) is 18.7 Å². The van der Waals surface area contributed by atoms with E-state index in [2.05, 4.69) is 0 Å². The van der Waals surface area contributed by atoms with Crippen LogP contribution in [0.1, 0.15) is 26.7 Å². The molecule has 5 nitrogen and oxygen atoms in total. The second kappa shape index (κ2) is 9.34. The van der Waals surface area contributed by atoms with Gasteiger partial charge >= 0.3 is 0 Å². The summed E-state index contributed by atoms with van der Waals surface area (Å²) in [6, 6.07) is 13.6. The summed E-state index contributed by atoms with van der Waals surface area (Å²) in [5, 5.41) is 0.472. The van der Waals surface area contributed by atoms with Crippen LogP contribution in [0.3, 0.4) is 0 Å². The Labute approximate surface area is 194 Å². The first-order valence-corrected chi connectivity index (χ1v) is 11.9. The number of para-hydroxylation sites is 1. The summed E-state index contributed by atoms with van der Waals surface area (Å²) in [4.78, 5) is 29.1. The van der Waals surface area contributed by atoms with Gasteiger partial charge in [0.25, 0.3) is 5.56 Å². The van der Waals surface area contributed by atoms with Gasteiger partial charge in [-0.05, 0) is 43.3 Å². The SMILES string of the molecule is CCCN(CCC)C(=O)Cn1c(=O)c2ccccc2n2c(=S)sc(-c3ccccc3F)c12. The summed E-state index contributed by atoms with van der Waals surface area (Å²) < 4.78 is 18.5. The van der Waals surface area contributed by atoms with Gasteiger partial charge in [-0.3, -0.25) is 18.6 Å². The lowest BCUT2D eigenvalue weighted by atomic mass is 10.1. The second-order valence-electron chi connectivity index (χ2n) is 7.63. The lowest BCUT2D eigenvalue weighted by Crippen LogP contribution is -2.38. The standard InChI is InChI=1S/C24H24FN3O2S2/c1-3-13-26(14-4-2)20(29)15-27-22-21(16-9-5-7-11-18(16)25)32-24(31)28(22)19-12-8-6-10-17(19)23(27)30/h5-12H,3-4,13-15H2,1-2H3. The van der Waals surface area contributed by atoms with Gasteiger partial charge in [0.15, 0.2) is 3.95 Å². The molecule has 0 spiro atoms. The van der Waals surface area contributed by atoms with Crippen LogP contribution in [0.4, 0.5) is 4.39 Å². The fourth-order valence-corrected chi connectivity index (χ4v) is 5.47. The Morgan fingerprint density at radius 3 is 2.41 bits per heavy atom. The fraction of sp³-hybridized carbons (Fsp3) is 0.292. The summed E-state index contributed by atoms with van der Waals surface area (Å²) in [5.74, 6) is -0.534. The summed E-state index contributed by atoms with van der Waals surface area (Å²) >= 11 is 6.89. The molecule has 2 aromatic heterocycles. The molecule has 0 N–H and O–H groups in total. The van der Waals surface area contributed by atoms with E-state index in [0.29, 0.717) is 44.0 Å². The van der Waals surface area contributed by atoms with Crippen molar-refractivity contribution in [1.82, 2.24) is 13.9 Å². The van der Waals surface area contributed by atoms with Crippen molar-refractivity contribution in [3.05, 3.63) is 68.7 Å². The van der Waals surface area contributed by atoms with Crippen molar-refractivity contribution in [3.8, 4) is 10.4 Å². The number of aromatic nitrogens is 2. The minimum atomic E-state index is -0.400. The molecule has 2 heterocycles. The minimum absolute atomic E-state index is 0.125. The quantitative estimate of drug-likeness (QED) is 0.336. The van der Waals surface area contributed by atoms with Gasteiger partial charge in [-0.2, -0.15) is 0 Å². The Kier molecular flexibility index (Phi) is 6.53. The molecule has 0 saturated carbocycles. The molecular weight excluding hydrogens is 445 g/mol. The Morgan fingerprint density at radius 2 is 1.72 bits per heavy atom. The Hall–Kier alpha value is -2.84. The molecule has 2 aromatic carbocycles. The molecule has 0 atom stereocenters. The number of halogens is 1. The van der Waals surface area contributed by atoms with Crippen LogP contribution >= 0.6 is 23.6 Å². The van der Waals surface area contributed by atoms with E-state index in [9.17, 15) is 14.0 Å². The Morgan fingerprint density at radius 1 is 1.06 bits per heavy atom. The van der Waals surface area contributed by atoms with Crippen molar-refractivity contribution in [2.24, 2.45) is 0 Å². The van der Waals surface area contributed by atoms with Gasteiger partial charge in [-0.15, -0.1) is 11.3 Å². The molecule has 4 aromatic rings. The largest absolute Gasteiger partial charge is 0.341 e. The molecule has 0 bridgehead atoms. The summed E-state index contributed by atoms with van der Waals surface area (Å²) in [5.41, 5.74) is 1.18. The van der Waals surface area contributed by atoms with Gasteiger partial charge < -0.3 is 4.90 Å².